The highest BCUT2D eigenvalue weighted by Gasteiger charge is 2.19. The van der Waals surface area contributed by atoms with E-state index in [1.165, 1.54) is 19.2 Å². The molecule has 0 aliphatic heterocycles. The normalized spacial score (nSPS) is 12.8. The van der Waals surface area contributed by atoms with Gasteiger partial charge in [-0.2, -0.15) is 0 Å². The Balaban J connectivity index is 2.95. The van der Waals surface area contributed by atoms with E-state index >= 15 is 0 Å². The van der Waals surface area contributed by atoms with Gasteiger partial charge in [-0.15, -0.1) is 0 Å². The molecule has 0 fully saturated rings. The molecule has 1 atom stereocenters. The first kappa shape index (κ1) is 21.6. The third-order valence-electron chi connectivity index (χ3n) is 3.89. The van der Waals surface area contributed by atoms with Crippen molar-refractivity contribution < 1.29 is 17.9 Å². The van der Waals surface area contributed by atoms with Gasteiger partial charge in [0.05, 0.1) is 11.5 Å². The molecule has 1 rings (SSSR count). The molecule has 0 saturated carbocycles. The van der Waals surface area contributed by atoms with Crippen molar-refractivity contribution in [1.29, 1.82) is 0 Å². The van der Waals surface area contributed by atoms with E-state index in [0.717, 1.165) is 19.3 Å². The number of nitrogens with two attached hydrogens (primary N) is 1. The molecule has 142 valence electrons. The Bertz CT molecular complexity index is 662. The van der Waals surface area contributed by atoms with E-state index in [0.29, 0.717) is 17.7 Å². The molecule has 25 heavy (non-hydrogen) atoms. The maximum atomic E-state index is 12.5. The summed E-state index contributed by atoms with van der Waals surface area (Å²) < 4.78 is 31.9. The Morgan fingerprint density at radius 3 is 2.68 bits per heavy atom. The van der Waals surface area contributed by atoms with Gasteiger partial charge in [-0.3, -0.25) is 4.79 Å². The van der Waals surface area contributed by atoms with Crippen LogP contribution in [0, 0.1) is 6.92 Å². The fourth-order valence-electron chi connectivity index (χ4n) is 2.34. The van der Waals surface area contributed by atoms with Crippen molar-refractivity contribution in [3.8, 4) is 0 Å². The van der Waals surface area contributed by atoms with Crippen molar-refractivity contribution >= 4 is 15.9 Å². The fraction of sp³-hybridized carbons (Fsp3) is 0.588. The van der Waals surface area contributed by atoms with Gasteiger partial charge in [0, 0.05) is 31.8 Å². The number of ether oxygens (including phenoxy) is 1. The first-order valence-corrected chi connectivity index (χ1v) is 9.94. The molecule has 0 aliphatic carbocycles. The molecule has 1 unspecified atom stereocenters. The summed E-state index contributed by atoms with van der Waals surface area (Å²) in [5.74, 6) is -0.307. The minimum absolute atomic E-state index is 0.0530. The van der Waals surface area contributed by atoms with Gasteiger partial charge in [0.25, 0.3) is 5.91 Å². The van der Waals surface area contributed by atoms with Gasteiger partial charge >= 0.3 is 0 Å². The summed E-state index contributed by atoms with van der Waals surface area (Å²) >= 11 is 0. The quantitative estimate of drug-likeness (QED) is 0.506. The summed E-state index contributed by atoms with van der Waals surface area (Å²) in [5, 5.41) is 2.89. The average molecular weight is 372 g/mol. The van der Waals surface area contributed by atoms with E-state index < -0.39 is 10.0 Å². The molecule has 0 saturated heterocycles. The van der Waals surface area contributed by atoms with Crippen molar-refractivity contribution in [2.24, 2.45) is 5.73 Å². The molecule has 0 aromatic heterocycles. The molecular formula is C17H29N3O4S. The second-order valence-corrected chi connectivity index (χ2v) is 7.68. The number of sulfonamides is 1. The summed E-state index contributed by atoms with van der Waals surface area (Å²) in [6, 6.07) is 4.39. The molecule has 4 N–H and O–H groups in total. The molecule has 0 spiro atoms. The molecular weight excluding hydrogens is 342 g/mol. The molecule has 8 heteroatoms. The number of carbonyl (C=O) groups is 1. The monoisotopic (exact) mass is 371 g/mol. The highest BCUT2D eigenvalue weighted by Crippen LogP contribution is 2.16. The minimum atomic E-state index is -3.69. The van der Waals surface area contributed by atoms with E-state index in [1.807, 2.05) is 0 Å². The Kier molecular flexibility index (Phi) is 9.05. The van der Waals surface area contributed by atoms with Crippen molar-refractivity contribution in [3.05, 3.63) is 29.3 Å². The number of aryl methyl sites for hydroxylation is 1. The zero-order valence-electron chi connectivity index (χ0n) is 15.2. The van der Waals surface area contributed by atoms with Gasteiger partial charge in [-0.05, 0) is 31.0 Å². The van der Waals surface area contributed by atoms with Gasteiger partial charge in [-0.1, -0.05) is 25.8 Å². The van der Waals surface area contributed by atoms with Crippen LogP contribution >= 0.6 is 0 Å². The van der Waals surface area contributed by atoms with Gasteiger partial charge in [0.1, 0.15) is 0 Å². The molecule has 1 aromatic rings. The molecule has 7 nitrogen and oxygen atoms in total. The largest absolute Gasteiger partial charge is 0.383 e. The van der Waals surface area contributed by atoms with E-state index in [2.05, 4.69) is 17.0 Å². The second-order valence-electron chi connectivity index (χ2n) is 5.92. The third-order valence-corrected chi connectivity index (χ3v) is 5.35. The lowest BCUT2D eigenvalue weighted by atomic mass is 10.1. The van der Waals surface area contributed by atoms with E-state index in [1.54, 1.807) is 13.0 Å². The number of unbranched alkanes of at least 4 members (excludes halogenated alkanes) is 1. The average Bonchev–Trinajstić information content (AvgIpc) is 2.58. The van der Waals surface area contributed by atoms with Gasteiger partial charge < -0.3 is 15.8 Å². The van der Waals surface area contributed by atoms with Crippen LogP contribution in [0.2, 0.25) is 0 Å². The van der Waals surface area contributed by atoms with Gasteiger partial charge in [-0.25, -0.2) is 13.1 Å². The molecule has 1 aromatic carbocycles. The zero-order valence-corrected chi connectivity index (χ0v) is 16.0. The van der Waals surface area contributed by atoms with E-state index in [9.17, 15) is 13.2 Å². The van der Waals surface area contributed by atoms with Crippen molar-refractivity contribution in [2.75, 3.05) is 26.8 Å². The predicted octanol–water partition coefficient (Wildman–Crippen LogP) is 1.17. The van der Waals surface area contributed by atoms with Gasteiger partial charge in [0.15, 0.2) is 0 Å². The number of carbonyl (C=O) groups excluding carboxylic acids is 1. The van der Waals surface area contributed by atoms with Crippen LogP contribution < -0.4 is 15.8 Å². The lowest BCUT2D eigenvalue weighted by Gasteiger charge is -2.18. The first-order valence-electron chi connectivity index (χ1n) is 8.45. The molecule has 0 heterocycles. The Morgan fingerprint density at radius 1 is 1.36 bits per heavy atom. The summed E-state index contributed by atoms with van der Waals surface area (Å²) in [4.78, 5) is 12.6. The van der Waals surface area contributed by atoms with Gasteiger partial charge in [0.2, 0.25) is 10.0 Å². The Labute approximate surface area is 150 Å². The molecule has 1 amide bonds. The molecule has 0 bridgehead atoms. The Morgan fingerprint density at radius 2 is 2.08 bits per heavy atom. The summed E-state index contributed by atoms with van der Waals surface area (Å²) in [7, 11) is -2.19. The predicted molar refractivity (Wildman–Crippen MR) is 98.1 cm³/mol. The van der Waals surface area contributed by atoms with Crippen LogP contribution in [0.1, 0.15) is 42.1 Å². The van der Waals surface area contributed by atoms with Crippen LogP contribution in [0.15, 0.2) is 23.1 Å². The van der Waals surface area contributed by atoms with Crippen LogP contribution in [0.25, 0.3) is 0 Å². The van der Waals surface area contributed by atoms with Crippen LogP contribution in [-0.2, 0) is 14.8 Å². The van der Waals surface area contributed by atoms with Crippen LogP contribution in [-0.4, -0.2) is 47.2 Å². The lowest BCUT2D eigenvalue weighted by molar-refractivity contribution is 0.0935. The number of hydrogen-bond acceptors (Lipinski definition) is 5. The first-order chi connectivity index (χ1) is 11.9. The maximum Gasteiger partial charge on any atom is 0.251 e. The number of amides is 1. The lowest BCUT2D eigenvalue weighted by Crippen LogP contribution is -2.40. The van der Waals surface area contributed by atoms with Crippen LogP contribution in [0.5, 0.6) is 0 Å². The molecule has 0 radical (unpaired) electrons. The number of benzene rings is 1. The maximum absolute atomic E-state index is 12.5. The summed E-state index contributed by atoms with van der Waals surface area (Å²) in [6.07, 6.45) is 2.79. The zero-order chi connectivity index (χ0) is 18.9. The summed E-state index contributed by atoms with van der Waals surface area (Å²) in [6.45, 7) is 4.63. The van der Waals surface area contributed by atoms with E-state index in [4.69, 9.17) is 10.5 Å². The SMILES string of the molecule is CCCCC(CN)NC(=O)c1cc(S(=O)(=O)NCCOC)ccc1C. The molecule has 0 aliphatic rings. The number of methoxy groups -OCH3 is 1. The van der Waals surface area contributed by atoms with E-state index in [-0.39, 0.29) is 30.0 Å². The van der Waals surface area contributed by atoms with Crippen molar-refractivity contribution in [3.63, 3.8) is 0 Å². The second kappa shape index (κ2) is 10.5. The number of rotatable bonds is 11. The van der Waals surface area contributed by atoms with Crippen molar-refractivity contribution in [2.45, 2.75) is 44.0 Å². The van der Waals surface area contributed by atoms with Crippen LogP contribution in [0.4, 0.5) is 0 Å². The highest BCUT2D eigenvalue weighted by molar-refractivity contribution is 7.89. The third kappa shape index (κ3) is 6.74. The fourth-order valence-corrected chi connectivity index (χ4v) is 3.38. The highest BCUT2D eigenvalue weighted by atomic mass is 32.2. The summed E-state index contributed by atoms with van der Waals surface area (Å²) in [5.41, 5.74) is 6.76. The smallest absolute Gasteiger partial charge is 0.251 e. The number of hydrogen-bond donors (Lipinski definition) is 3. The van der Waals surface area contributed by atoms with Crippen molar-refractivity contribution in [1.82, 2.24) is 10.0 Å². The number of nitrogens with one attached hydrogen (secondary N) is 2. The topological polar surface area (TPSA) is 111 Å². The standard InChI is InChI=1S/C17H29N3O4S/c1-4-5-6-14(12-18)20-17(21)16-11-15(8-7-13(16)2)25(22,23)19-9-10-24-3/h7-8,11,14,19H,4-6,9-10,12,18H2,1-3H3,(H,20,21). The minimum Gasteiger partial charge on any atom is -0.383 e. The Hall–Kier alpha value is -1.48. The van der Waals surface area contributed by atoms with Crippen LogP contribution in [0.3, 0.4) is 0 Å².